The van der Waals surface area contributed by atoms with Gasteiger partial charge in [-0.1, -0.05) is 0 Å². The fourth-order valence-corrected chi connectivity index (χ4v) is 2.08. The van der Waals surface area contributed by atoms with Crippen LogP contribution in [0.5, 0.6) is 0 Å². The lowest BCUT2D eigenvalue weighted by Crippen LogP contribution is -2.55. The summed E-state index contributed by atoms with van der Waals surface area (Å²) in [5.41, 5.74) is 14.5. The van der Waals surface area contributed by atoms with Crippen molar-refractivity contribution in [1.29, 1.82) is 0 Å². The van der Waals surface area contributed by atoms with Crippen LogP contribution in [0.2, 0.25) is 0 Å². The highest BCUT2D eigenvalue weighted by molar-refractivity contribution is 5.72. The predicted molar refractivity (Wildman–Crippen MR) is 69.3 cm³/mol. The van der Waals surface area contributed by atoms with Crippen LogP contribution >= 0.6 is 0 Å². The van der Waals surface area contributed by atoms with E-state index in [-0.39, 0.29) is 0 Å². The number of nitrogen functional groups attached to an aromatic ring is 2. The van der Waals surface area contributed by atoms with Crippen molar-refractivity contribution in [3.63, 3.8) is 0 Å². The van der Waals surface area contributed by atoms with Crippen molar-refractivity contribution in [3.8, 4) is 0 Å². The Labute approximate surface area is 97.0 Å². The molecule has 4 N–H and O–H groups in total. The van der Waals surface area contributed by atoms with Gasteiger partial charge in [0.1, 0.15) is 0 Å². The third-order valence-electron chi connectivity index (χ3n) is 3.35. The molecular formula is C12H21N4+. The summed E-state index contributed by atoms with van der Waals surface area (Å²) in [7, 11) is 4.53. The number of benzene rings is 1. The second-order valence-corrected chi connectivity index (χ2v) is 5.19. The van der Waals surface area contributed by atoms with E-state index in [0.717, 1.165) is 47.7 Å². The van der Waals surface area contributed by atoms with E-state index in [1.165, 1.54) is 0 Å². The van der Waals surface area contributed by atoms with Gasteiger partial charge in [0.2, 0.25) is 0 Å². The summed E-state index contributed by atoms with van der Waals surface area (Å²) in [6.45, 7) is 4.38. The van der Waals surface area contributed by atoms with Crippen LogP contribution in [0, 0.1) is 0 Å². The molecule has 16 heavy (non-hydrogen) atoms. The Morgan fingerprint density at radius 2 is 1.75 bits per heavy atom. The van der Waals surface area contributed by atoms with Crippen molar-refractivity contribution in [2.24, 2.45) is 0 Å². The number of rotatable bonds is 1. The van der Waals surface area contributed by atoms with Crippen LogP contribution in [0.3, 0.4) is 0 Å². The van der Waals surface area contributed by atoms with Gasteiger partial charge in [-0.15, -0.1) is 0 Å². The molecule has 1 fully saturated rings. The standard InChI is InChI=1S/C12H21N4/c1-16(2)7-5-15(6-8-16)12-9-10(13)3-4-11(12)14/h3-4,9H,5-8,13-14H2,1-2H3/q+1. The molecule has 88 valence electrons. The molecular weight excluding hydrogens is 200 g/mol. The second kappa shape index (κ2) is 3.87. The molecule has 0 saturated carbocycles. The quantitative estimate of drug-likeness (QED) is 0.543. The van der Waals surface area contributed by atoms with Crippen molar-refractivity contribution < 1.29 is 4.48 Å². The summed E-state index contributed by atoms with van der Waals surface area (Å²) in [4.78, 5) is 2.33. The van der Waals surface area contributed by atoms with Crippen molar-refractivity contribution in [2.75, 3.05) is 56.6 Å². The first-order chi connectivity index (χ1) is 7.48. The molecule has 0 unspecified atom stereocenters. The lowest BCUT2D eigenvalue weighted by molar-refractivity contribution is -0.890. The number of hydrogen-bond acceptors (Lipinski definition) is 3. The topological polar surface area (TPSA) is 55.3 Å². The largest absolute Gasteiger partial charge is 0.399 e. The molecule has 0 aromatic heterocycles. The molecule has 1 aliphatic heterocycles. The van der Waals surface area contributed by atoms with Gasteiger partial charge in [0.05, 0.1) is 51.6 Å². The van der Waals surface area contributed by atoms with Crippen LogP contribution in [0.25, 0.3) is 0 Å². The number of quaternary nitrogens is 1. The molecule has 1 saturated heterocycles. The Bertz CT molecular complexity index is 377. The second-order valence-electron chi connectivity index (χ2n) is 5.19. The van der Waals surface area contributed by atoms with Gasteiger partial charge in [0.15, 0.2) is 0 Å². The minimum Gasteiger partial charge on any atom is -0.399 e. The van der Waals surface area contributed by atoms with Gasteiger partial charge in [-0.2, -0.15) is 0 Å². The van der Waals surface area contributed by atoms with E-state index in [9.17, 15) is 0 Å². The Kier molecular flexibility index (Phi) is 2.68. The minimum absolute atomic E-state index is 0.781. The number of piperazine rings is 1. The van der Waals surface area contributed by atoms with E-state index in [0.29, 0.717) is 0 Å². The average Bonchev–Trinajstić information content (AvgIpc) is 2.22. The van der Waals surface area contributed by atoms with E-state index >= 15 is 0 Å². The van der Waals surface area contributed by atoms with Gasteiger partial charge in [0.25, 0.3) is 0 Å². The van der Waals surface area contributed by atoms with Crippen LogP contribution < -0.4 is 16.4 Å². The zero-order valence-electron chi connectivity index (χ0n) is 10.1. The van der Waals surface area contributed by atoms with E-state index < -0.39 is 0 Å². The van der Waals surface area contributed by atoms with Crippen LogP contribution in [0.1, 0.15) is 0 Å². The summed E-state index contributed by atoms with van der Waals surface area (Å²) in [6, 6.07) is 5.71. The normalized spacial score (nSPS) is 19.8. The first-order valence-electron chi connectivity index (χ1n) is 5.70. The molecule has 0 amide bonds. The molecule has 1 aromatic carbocycles. The molecule has 1 aromatic rings. The fraction of sp³-hybridized carbons (Fsp3) is 0.500. The molecule has 0 bridgehead atoms. The Morgan fingerprint density at radius 3 is 2.38 bits per heavy atom. The first-order valence-corrected chi connectivity index (χ1v) is 5.70. The van der Waals surface area contributed by atoms with E-state index in [1.54, 1.807) is 0 Å². The zero-order valence-corrected chi connectivity index (χ0v) is 10.1. The van der Waals surface area contributed by atoms with E-state index in [2.05, 4.69) is 19.0 Å². The monoisotopic (exact) mass is 221 g/mol. The lowest BCUT2D eigenvalue weighted by atomic mass is 10.2. The fourth-order valence-electron chi connectivity index (χ4n) is 2.08. The highest BCUT2D eigenvalue weighted by Gasteiger charge is 2.25. The zero-order chi connectivity index (χ0) is 11.8. The maximum atomic E-state index is 5.99. The lowest BCUT2D eigenvalue weighted by Gasteiger charge is -2.40. The summed E-state index contributed by atoms with van der Waals surface area (Å²) < 4.78 is 1.08. The third-order valence-corrected chi connectivity index (χ3v) is 3.35. The Balaban J connectivity index is 2.17. The smallest absolute Gasteiger partial charge is 0.0961 e. The Hall–Kier alpha value is -1.42. The van der Waals surface area contributed by atoms with Crippen LogP contribution in [0.4, 0.5) is 17.1 Å². The van der Waals surface area contributed by atoms with Crippen molar-refractivity contribution in [1.82, 2.24) is 0 Å². The van der Waals surface area contributed by atoms with Crippen LogP contribution in [-0.2, 0) is 0 Å². The van der Waals surface area contributed by atoms with Gasteiger partial charge in [-0.05, 0) is 18.2 Å². The number of likely N-dealkylation sites (N-methyl/N-ethyl adjacent to an activating group) is 1. The molecule has 4 heteroatoms. The molecule has 0 atom stereocenters. The maximum absolute atomic E-state index is 5.99. The van der Waals surface area contributed by atoms with Crippen molar-refractivity contribution >= 4 is 17.1 Å². The van der Waals surface area contributed by atoms with Crippen LogP contribution in [0.15, 0.2) is 18.2 Å². The van der Waals surface area contributed by atoms with E-state index in [4.69, 9.17) is 11.5 Å². The number of nitrogens with zero attached hydrogens (tertiary/aromatic N) is 2. The molecule has 0 spiro atoms. The van der Waals surface area contributed by atoms with Gasteiger partial charge >= 0.3 is 0 Å². The molecule has 1 aliphatic rings. The summed E-state index contributed by atoms with van der Waals surface area (Å²) in [5, 5.41) is 0. The predicted octanol–water partition coefficient (Wildman–Crippen LogP) is 0.747. The van der Waals surface area contributed by atoms with E-state index in [1.807, 2.05) is 18.2 Å². The molecule has 4 nitrogen and oxygen atoms in total. The van der Waals surface area contributed by atoms with Crippen molar-refractivity contribution in [3.05, 3.63) is 18.2 Å². The number of hydrogen-bond donors (Lipinski definition) is 2. The molecule has 1 heterocycles. The summed E-state index contributed by atoms with van der Waals surface area (Å²) in [6.07, 6.45) is 0. The summed E-state index contributed by atoms with van der Waals surface area (Å²) >= 11 is 0. The summed E-state index contributed by atoms with van der Waals surface area (Å²) in [5.74, 6) is 0. The number of anilines is 3. The number of nitrogens with two attached hydrogens (primary N) is 2. The van der Waals surface area contributed by atoms with Gasteiger partial charge in [-0.3, -0.25) is 0 Å². The van der Waals surface area contributed by atoms with Crippen molar-refractivity contribution in [2.45, 2.75) is 0 Å². The first kappa shape index (κ1) is 11.1. The van der Waals surface area contributed by atoms with Gasteiger partial charge in [-0.25, -0.2) is 0 Å². The molecule has 0 radical (unpaired) electrons. The minimum atomic E-state index is 0.781. The molecule has 0 aliphatic carbocycles. The average molecular weight is 221 g/mol. The maximum Gasteiger partial charge on any atom is 0.0961 e. The van der Waals surface area contributed by atoms with Crippen LogP contribution in [-0.4, -0.2) is 44.8 Å². The highest BCUT2D eigenvalue weighted by Crippen LogP contribution is 2.27. The highest BCUT2D eigenvalue weighted by atomic mass is 15.4. The SMILES string of the molecule is C[N+]1(C)CCN(c2cc(N)ccc2N)CC1. The van der Waals surface area contributed by atoms with Gasteiger partial charge < -0.3 is 20.9 Å². The Morgan fingerprint density at radius 1 is 1.12 bits per heavy atom. The van der Waals surface area contributed by atoms with Gasteiger partial charge in [0, 0.05) is 5.69 Å². The molecule has 2 rings (SSSR count). The third kappa shape index (κ3) is 2.22.